The van der Waals surface area contributed by atoms with Crippen molar-refractivity contribution in [3.8, 4) is 0 Å². The van der Waals surface area contributed by atoms with Crippen molar-refractivity contribution in [1.29, 1.82) is 0 Å². The maximum atomic E-state index is 13.3. The van der Waals surface area contributed by atoms with E-state index in [1.807, 2.05) is 0 Å². The summed E-state index contributed by atoms with van der Waals surface area (Å²) in [6.07, 6.45) is -5.17. The first-order valence-corrected chi connectivity index (χ1v) is 9.87. The number of halogens is 3. The van der Waals surface area contributed by atoms with Gasteiger partial charge in [0.15, 0.2) is 9.84 Å². The van der Waals surface area contributed by atoms with Crippen LogP contribution in [-0.4, -0.2) is 47.1 Å². The van der Waals surface area contributed by atoms with E-state index in [0.29, 0.717) is 17.6 Å². The number of benzene rings is 1. The van der Waals surface area contributed by atoms with E-state index in [9.17, 15) is 31.5 Å². The van der Waals surface area contributed by atoms with Gasteiger partial charge in [0.05, 0.1) is 21.4 Å². The van der Waals surface area contributed by atoms with Gasteiger partial charge in [0.1, 0.15) is 11.9 Å². The molecule has 7 nitrogen and oxygen atoms in total. The first-order chi connectivity index (χ1) is 12.9. The molecule has 11 heteroatoms. The third kappa shape index (κ3) is 3.46. The molecule has 2 heterocycles. The number of rotatable bonds is 4. The van der Waals surface area contributed by atoms with Crippen molar-refractivity contribution in [3.63, 3.8) is 0 Å². The normalized spacial score (nSPS) is 20.5. The average molecular weight is 417 g/mol. The largest absolute Gasteiger partial charge is 0.480 e. The lowest BCUT2D eigenvalue weighted by molar-refractivity contribution is -0.140. The van der Waals surface area contributed by atoms with E-state index in [4.69, 9.17) is 0 Å². The third-order valence-corrected chi connectivity index (χ3v) is 6.95. The smallest absolute Gasteiger partial charge is 0.417 e. The Morgan fingerprint density at radius 2 is 1.93 bits per heavy atom. The number of carboxylic acids is 1. The van der Waals surface area contributed by atoms with Gasteiger partial charge in [0.2, 0.25) is 0 Å². The van der Waals surface area contributed by atoms with E-state index < -0.39 is 43.7 Å². The van der Waals surface area contributed by atoms with Crippen LogP contribution in [0.25, 0.3) is 0 Å². The molecule has 0 radical (unpaired) electrons. The summed E-state index contributed by atoms with van der Waals surface area (Å²) >= 11 is 0. The van der Waals surface area contributed by atoms with Gasteiger partial charge in [-0.1, -0.05) is 12.1 Å². The summed E-state index contributed by atoms with van der Waals surface area (Å²) in [5, 5.41) is 12.4. The van der Waals surface area contributed by atoms with Crippen LogP contribution in [-0.2, 0) is 27.9 Å². The number of aryl methyl sites for hydroxylation is 2. The molecule has 1 aliphatic heterocycles. The highest BCUT2D eigenvalue weighted by Crippen LogP contribution is 2.38. The van der Waals surface area contributed by atoms with Crippen LogP contribution < -0.4 is 4.90 Å². The first kappa shape index (κ1) is 20.2. The highest BCUT2D eigenvalue weighted by molar-refractivity contribution is 7.92. The summed E-state index contributed by atoms with van der Waals surface area (Å²) < 4.78 is 67.3. The summed E-state index contributed by atoms with van der Waals surface area (Å²) in [5.74, 6) is -0.854. The Morgan fingerprint density at radius 1 is 1.29 bits per heavy atom. The van der Waals surface area contributed by atoms with Crippen LogP contribution in [0.2, 0.25) is 0 Å². The van der Waals surface area contributed by atoms with E-state index >= 15 is 0 Å². The molecule has 1 aromatic carbocycles. The first-order valence-electron chi connectivity index (χ1n) is 8.33. The second-order valence-electron chi connectivity index (χ2n) is 6.67. The van der Waals surface area contributed by atoms with Crippen molar-refractivity contribution in [3.05, 3.63) is 41.6 Å². The van der Waals surface area contributed by atoms with Crippen LogP contribution in [0.4, 0.5) is 19.0 Å². The Bertz CT molecular complexity index is 1020. The number of nitrogens with zero attached hydrogens (tertiary/aromatic N) is 3. The van der Waals surface area contributed by atoms with Gasteiger partial charge in [-0.25, -0.2) is 13.2 Å². The monoisotopic (exact) mass is 417 g/mol. The maximum absolute atomic E-state index is 13.3. The van der Waals surface area contributed by atoms with Gasteiger partial charge in [-0.05, 0) is 25.5 Å². The lowest BCUT2D eigenvalue weighted by atomic mass is 10.2. The minimum Gasteiger partial charge on any atom is -0.480 e. The molecule has 0 aliphatic carbocycles. The summed E-state index contributed by atoms with van der Waals surface area (Å²) in [5.41, 5.74) is -0.646. The van der Waals surface area contributed by atoms with Crippen LogP contribution in [0.5, 0.6) is 0 Å². The lowest BCUT2D eigenvalue weighted by Crippen LogP contribution is -2.37. The molecule has 0 spiro atoms. The predicted octanol–water partition coefficient (Wildman–Crippen LogP) is 2.25. The molecule has 0 saturated carbocycles. The van der Waals surface area contributed by atoms with Crippen molar-refractivity contribution in [2.24, 2.45) is 7.05 Å². The van der Waals surface area contributed by atoms with Crippen LogP contribution in [0.1, 0.15) is 17.7 Å². The van der Waals surface area contributed by atoms with E-state index in [0.717, 1.165) is 12.1 Å². The molecule has 28 heavy (non-hydrogen) atoms. The number of aliphatic carboxylic acids is 1. The summed E-state index contributed by atoms with van der Waals surface area (Å²) in [7, 11) is -2.84. The Balaban J connectivity index is 2.03. The molecule has 3 rings (SSSR count). The van der Waals surface area contributed by atoms with Crippen LogP contribution >= 0.6 is 0 Å². The molecule has 2 atom stereocenters. The van der Waals surface area contributed by atoms with Gasteiger partial charge in [-0.3, -0.25) is 4.68 Å². The van der Waals surface area contributed by atoms with Crippen LogP contribution in [0, 0.1) is 6.92 Å². The molecule has 152 valence electrons. The molecule has 1 aromatic heterocycles. The zero-order chi connectivity index (χ0) is 20.9. The van der Waals surface area contributed by atoms with Crippen molar-refractivity contribution in [2.75, 3.05) is 11.4 Å². The lowest BCUT2D eigenvalue weighted by Gasteiger charge is -2.23. The summed E-state index contributed by atoms with van der Waals surface area (Å²) in [6.45, 7) is 1.45. The Labute approximate surface area is 159 Å². The Kier molecular flexibility index (Phi) is 4.90. The van der Waals surface area contributed by atoms with Gasteiger partial charge >= 0.3 is 12.1 Å². The van der Waals surface area contributed by atoms with Crippen molar-refractivity contribution in [2.45, 2.75) is 35.7 Å². The maximum Gasteiger partial charge on any atom is 0.417 e. The molecule has 0 amide bonds. The number of hydrogen-bond donors (Lipinski definition) is 1. The van der Waals surface area contributed by atoms with Crippen molar-refractivity contribution >= 4 is 21.6 Å². The van der Waals surface area contributed by atoms with E-state index in [-0.39, 0.29) is 13.0 Å². The van der Waals surface area contributed by atoms with E-state index in [2.05, 4.69) is 5.10 Å². The molecular weight excluding hydrogens is 399 g/mol. The standard InChI is InChI=1S/C17H18F3N3O4S/c1-10-7-15(22(2)21-10)23-9-11(8-13(23)16(24)25)28(26,27)14-6-4-3-5-12(14)17(18,19)20/h3-7,11,13H,8-9H2,1-2H3,(H,24,25)/t11-,13+/m1/s1. The van der Waals surface area contributed by atoms with Crippen LogP contribution in [0.15, 0.2) is 35.2 Å². The van der Waals surface area contributed by atoms with Gasteiger partial charge in [0.25, 0.3) is 0 Å². The van der Waals surface area contributed by atoms with Gasteiger partial charge in [0, 0.05) is 19.7 Å². The van der Waals surface area contributed by atoms with Gasteiger partial charge in [-0.2, -0.15) is 18.3 Å². The predicted molar refractivity (Wildman–Crippen MR) is 93.7 cm³/mol. The minimum atomic E-state index is -4.84. The SMILES string of the molecule is Cc1cc(N2C[C@H](S(=O)(=O)c3ccccc3C(F)(F)F)C[C@H]2C(=O)O)n(C)n1. The number of alkyl halides is 3. The molecule has 0 unspecified atom stereocenters. The molecule has 2 aromatic rings. The summed E-state index contributed by atoms with van der Waals surface area (Å²) in [4.78, 5) is 12.2. The second kappa shape index (κ2) is 6.80. The van der Waals surface area contributed by atoms with Crippen molar-refractivity contribution in [1.82, 2.24) is 9.78 Å². The molecule has 0 bridgehead atoms. The molecule has 1 saturated heterocycles. The van der Waals surface area contributed by atoms with Gasteiger partial charge in [-0.15, -0.1) is 0 Å². The molecule has 1 fully saturated rings. The van der Waals surface area contributed by atoms with Crippen LogP contribution in [0.3, 0.4) is 0 Å². The highest BCUT2D eigenvalue weighted by Gasteiger charge is 2.47. The van der Waals surface area contributed by atoms with E-state index in [1.165, 1.54) is 15.6 Å². The zero-order valence-corrected chi connectivity index (χ0v) is 15.8. The molecule has 1 aliphatic rings. The number of anilines is 1. The number of carboxylic acid groups (broad SMARTS) is 1. The molecular formula is C17H18F3N3O4S. The number of hydrogen-bond acceptors (Lipinski definition) is 5. The number of carbonyl (C=O) groups is 1. The minimum absolute atomic E-state index is 0.246. The number of sulfone groups is 1. The third-order valence-electron chi connectivity index (χ3n) is 4.76. The molecule has 1 N–H and O–H groups in total. The second-order valence-corrected chi connectivity index (χ2v) is 8.87. The topological polar surface area (TPSA) is 92.5 Å². The fourth-order valence-corrected chi connectivity index (χ4v) is 5.41. The zero-order valence-electron chi connectivity index (χ0n) is 15.0. The fraction of sp³-hybridized carbons (Fsp3) is 0.412. The van der Waals surface area contributed by atoms with Crippen molar-refractivity contribution < 1.29 is 31.5 Å². The fourth-order valence-electron chi connectivity index (χ4n) is 3.50. The average Bonchev–Trinajstić information content (AvgIpc) is 3.17. The van der Waals surface area contributed by atoms with E-state index in [1.54, 1.807) is 20.0 Å². The van der Waals surface area contributed by atoms with Gasteiger partial charge < -0.3 is 10.0 Å². The summed E-state index contributed by atoms with van der Waals surface area (Å²) in [6, 6.07) is 4.36. The quantitative estimate of drug-likeness (QED) is 0.821. The Hall–Kier alpha value is -2.56. The number of aromatic nitrogens is 2. The Morgan fingerprint density at radius 3 is 2.46 bits per heavy atom. The highest BCUT2D eigenvalue weighted by atomic mass is 32.2.